The Balaban J connectivity index is 1.65. The molecule has 0 aromatic heterocycles. The van der Waals surface area contributed by atoms with Crippen molar-refractivity contribution in [3.05, 3.63) is 74.3 Å². The van der Waals surface area contributed by atoms with Crippen LogP contribution >= 0.6 is 11.6 Å². The van der Waals surface area contributed by atoms with E-state index < -0.39 is 4.92 Å². The van der Waals surface area contributed by atoms with Gasteiger partial charge in [0.25, 0.3) is 11.6 Å². The molecule has 0 unspecified atom stereocenters. The molecule has 1 aliphatic carbocycles. The minimum Gasteiger partial charge on any atom is -0.348 e. The Morgan fingerprint density at radius 2 is 1.86 bits per heavy atom. The number of nitro benzene ring substituents is 1. The summed E-state index contributed by atoms with van der Waals surface area (Å²) in [6, 6.07) is 12.6. The van der Waals surface area contributed by atoms with Crippen molar-refractivity contribution >= 4 is 23.2 Å². The summed E-state index contributed by atoms with van der Waals surface area (Å²) < 4.78 is 0. The number of amides is 1. The Morgan fingerprint density at radius 1 is 1.17 bits per heavy atom. The van der Waals surface area contributed by atoms with Crippen LogP contribution in [-0.4, -0.2) is 28.8 Å². The number of benzene rings is 2. The quantitative estimate of drug-likeness (QED) is 0.513. The monoisotopic (exact) mass is 415 g/mol. The van der Waals surface area contributed by atoms with Crippen LogP contribution in [0.1, 0.15) is 53.6 Å². The molecule has 0 saturated heterocycles. The van der Waals surface area contributed by atoms with Gasteiger partial charge in [0, 0.05) is 31.3 Å². The molecule has 0 radical (unpaired) electrons. The predicted octanol–water partition coefficient (Wildman–Crippen LogP) is 4.94. The predicted molar refractivity (Wildman–Crippen MR) is 114 cm³/mol. The molecule has 7 heteroatoms. The van der Waals surface area contributed by atoms with E-state index in [0.717, 1.165) is 12.1 Å². The summed E-state index contributed by atoms with van der Waals surface area (Å²) in [7, 11) is 2.17. The summed E-state index contributed by atoms with van der Waals surface area (Å²) in [5.74, 6) is -0.347. The first-order chi connectivity index (χ1) is 14.0. The van der Waals surface area contributed by atoms with Crippen molar-refractivity contribution in [1.82, 2.24) is 10.2 Å². The van der Waals surface area contributed by atoms with E-state index in [9.17, 15) is 14.9 Å². The van der Waals surface area contributed by atoms with Gasteiger partial charge in [0.15, 0.2) is 0 Å². The Kier molecular flexibility index (Phi) is 7.23. The van der Waals surface area contributed by atoms with Crippen molar-refractivity contribution in [3.63, 3.8) is 0 Å². The average Bonchev–Trinajstić information content (AvgIpc) is 2.73. The number of non-ortho nitro benzene ring substituents is 1. The van der Waals surface area contributed by atoms with Gasteiger partial charge in [-0.1, -0.05) is 55.1 Å². The fraction of sp³-hybridized carbons (Fsp3) is 0.409. The number of nitrogens with one attached hydrogen (secondary N) is 1. The average molecular weight is 416 g/mol. The summed E-state index contributed by atoms with van der Waals surface area (Å²) in [6.45, 7) is 1.22. The summed E-state index contributed by atoms with van der Waals surface area (Å²) in [4.78, 5) is 25.2. The van der Waals surface area contributed by atoms with E-state index >= 15 is 0 Å². The van der Waals surface area contributed by atoms with Gasteiger partial charge in [0.05, 0.1) is 15.5 Å². The molecule has 1 aliphatic rings. The molecule has 2 aromatic rings. The normalized spacial score (nSPS) is 14.7. The molecule has 0 bridgehead atoms. The van der Waals surface area contributed by atoms with E-state index in [4.69, 9.17) is 11.6 Å². The van der Waals surface area contributed by atoms with Crippen LogP contribution in [0.3, 0.4) is 0 Å². The number of hydrogen-bond donors (Lipinski definition) is 1. The zero-order chi connectivity index (χ0) is 20.8. The van der Waals surface area contributed by atoms with Crippen LogP contribution in [0.2, 0.25) is 5.02 Å². The molecule has 2 aromatic carbocycles. The van der Waals surface area contributed by atoms with Crippen LogP contribution < -0.4 is 5.32 Å². The highest BCUT2D eigenvalue weighted by molar-refractivity contribution is 6.34. The number of nitrogens with zero attached hydrogens (tertiary/aromatic N) is 2. The summed E-state index contributed by atoms with van der Waals surface area (Å²) in [5, 5.41) is 13.8. The molecule has 29 heavy (non-hydrogen) atoms. The summed E-state index contributed by atoms with van der Waals surface area (Å²) >= 11 is 6.06. The van der Waals surface area contributed by atoms with Crippen molar-refractivity contribution in [2.45, 2.75) is 51.2 Å². The number of nitro groups is 1. The van der Waals surface area contributed by atoms with Gasteiger partial charge >= 0.3 is 0 Å². The number of rotatable bonds is 7. The first-order valence-corrected chi connectivity index (χ1v) is 10.3. The minimum atomic E-state index is -0.535. The van der Waals surface area contributed by atoms with Crippen LogP contribution in [-0.2, 0) is 13.1 Å². The third-order valence-corrected chi connectivity index (χ3v) is 5.90. The molecule has 1 saturated carbocycles. The maximum Gasteiger partial charge on any atom is 0.270 e. The Hall–Kier alpha value is -2.44. The lowest BCUT2D eigenvalue weighted by Crippen LogP contribution is -2.33. The van der Waals surface area contributed by atoms with Crippen molar-refractivity contribution in [2.75, 3.05) is 7.05 Å². The topological polar surface area (TPSA) is 75.5 Å². The molecule has 1 fully saturated rings. The second-order valence-corrected chi connectivity index (χ2v) is 7.99. The minimum absolute atomic E-state index is 0.0713. The smallest absolute Gasteiger partial charge is 0.270 e. The number of hydrogen-bond acceptors (Lipinski definition) is 4. The zero-order valence-electron chi connectivity index (χ0n) is 16.6. The van der Waals surface area contributed by atoms with Crippen LogP contribution in [0.15, 0.2) is 42.5 Å². The molecule has 1 N–H and O–H groups in total. The van der Waals surface area contributed by atoms with Crippen LogP contribution in [0.4, 0.5) is 5.69 Å². The van der Waals surface area contributed by atoms with Gasteiger partial charge in [0.1, 0.15) is 0 Å². The number of carbonyl (C=O) groups is 1. The third kappa shape index (κ3) is 5.55. The van der Waals surface area contributed by atoms with Gasteiger partial charge in [-0.05, 0) is 37.1 Å². The highest BCUT2D eigenvalue weighted by Gasteiger charge is 2.19. The Morgan fingerprint density at radius 3 is 2.52 bits per heavy atom. The Bertz CT molecular complexity index is 881. The molecule has 0 heterocycles. The summed E-state index contributed by atoms with van der Waals surface area (Å²) in [6.07, 6.45) is 6.41. The fourth-order valence-corrected chi connectivity index (χ4v) is 4.14. The van der Waals surface area contributed by atoms with E-state index in [0.29, 0.717) is 12.6 Å². The molecule has 0 aliphatic heterocycles. The van der Waals surface area contributed by atoms with Gasteiger partial charge in [-0.2, -0.15) is 0 Å². The van der Waals surface area contributed by atoms with Crippen molar-refractivity contribution in [3.8, 4) is 0 Å². The largest absolute Gasteiger partial charge is 0.348 e. The first kappa shape index (κ1) is 21.3. The highest BCUT2D eigenvalue weighted by Crippen LogP contribution is 2.24. The lowest BCUT2D eigenvalue weighted by atomic mass is 9.94. The van der Waals surface area contributed by atoms with E-state index in [2.05, 4.69) is 23.3 Å². The molecular formula is C22H26ClN3O3. The van der Waals surface area contributed by atoms with E-state index in [1.54, 1.807) is 0 Å². The first-order valence-electron chi connectivity index (χ1n) is 9.95. The molecule has 1 amide bonds. The molecular weight excluding hydrogens is 390 g/mol. The van der Waals surface area contributed by atoms with Gasteiger partial charge in [-0.3, -0.25) is 19.8 Å². The molecule has 0 atom stereocenters. The van der Waals surface area contributed by atoms with Crippen molar-refractivity contribution in [1.29, 1.82) is 0 Å². The maximum absolute atomic E-state index is 12.5. The SMILES string of the molecule is CN(Cc1ccccc1CNC(=O)c1ccc([N+](=O)[O-])cc1Cl)C1CCCCC1. The summed E-state index contributed by atoms with van der Waals surface area (Å²) in [5.41, 5.74) is 2.34. The van der Waals surface area contributed by atoms with Gasteiger partial charge in [0.2, 0.25) is 0 Å². The van der Waals surface area contributed by atoms with Gasteiger partial charge < -0.3 is 5.32 Å². The molecule has 154 valence electrons. The van der Waals surface area contributed by atoms with Crippen molar-refractivity contribution in [2.24, 2.45) is 0 Å². The molecule has 6 nitrogen and oxygen atoms in total. The molecule has 3 rings (SSSR count). The number of halogens is 1. The Labute approximate surface area is 176 Å². The second kappa shape index (κ2) is 9.85. The van der Waals surface area contributed by atoms with Crippen LogP contribution in [0.5, 0.6) is 0 Å². The second-order valence-electron chi connectivity index (χ2n) is 7.58. The van der Waals surface area contributed by atoms with Gasteiger partial charge in [-0.15, -0.1) is 0 Å². The molecule has 0 spiro atoms. The highest BCUT2D eigenvalue weighted by atomic mass is 35.5. The lowest BCUT2D eigenvalue weighted by Gasteiger charge is -2.31. The van der Waals surface area contributed by atoms with Crippen LogP contribution in [0.25, 0.3) is 0 Å². The standard InChI is InChI=1S/C22H26ClN3O3/c1-25(18-9-3-2-4-10-18)15-17-8-6-5-7-16(17)14-24-22(27)20-12-11-19(26(28)29)13-21(20)23/h5-8,11-13,18H,2-4,9-10,14-15H2,1H3,(H,24,27). The third-order valence-electron chi connectivity index (χ3n) is 5.58. The zero-order valence-corrected chi connectivity index (χ0v) is 17.3. The van der Waals surface area contributed by atoms with E-state index in [1.165, 1.54) is 55.9 Å². The fourth-order valence-electron chi connectivity index (χ4n) is 3.88. The van der Waals surface area contributed by atoms with Crippen LogP contribution in [0, 0.1) is 10.1 Å². The lowest BCUT2D eigenvalue weighted by molar-refractivity contribution is -0.384. The van der Waals surface area contributed by atoms with Gasteiger partial charge in [-0.25, -0.2) is 0 Å². The van der Waals surface area contributed by atoms with E-state index in [-0.39, 0.29) is 22.2 Å². The van der Waals surface area contributed by atoms with Crippen molar-refractivity contribution < 1.29 is 9.72 Å². The maximum atomic E-state index is 12.5. The van der Waals surface area contributed by atoms with E-state index in [1.807, 2.05) is 18.2 Å². The number of carbonyl (C=O) groups excluding carboxylic acids is 1.